The van der Waals surface area contributed by atoms with Crippen LogP contribution < -0.4 is 15.4 Å². The molecule has 26 heavy (non-hydrogen) atoms. The Labute approximate surface area is 152 Å². The van der Waals surface area contributed by atoms with E-state index in [1.807, 2.05) is 11.0 Å². The van der Waals surface area contributed by atoms with Crippen LogP contribution in [-0.2, 0) is 11.3 Å². The van der Waals surface area contributed by atoms with Crippen LogP contribution in [0, 0.1) is 5.82 Å². The van der Waals surface area contributed by atoms with Crippen molar-refractivity contribution in [3.63, 3.8) is 0 Å². The number of ether oxygens (including phenoxy) is 1. The molecule has 1 aromatic rings. The van der Waals surface area contributed by atoms with E-state index >= 15 is 0 Å². The van der Waals surface area contributed by atoms with E-state index in [-0.39, 0.29) is 24.0 Å². The largest absolute Gasteiger partial charge is 0.494 e. The SMILES string of the molecule is C=CCNC(=O)NC(=O)CN1CCN(Cc2ccc(OC)c(F)c2)CC1. The summed E-state index contributed by atoms with van der Waals surface area (Å²) in [5.74, 6) is -0.464. The number of nitrogens with zero attached hydrogens (tertiary/aromatic N) is 2. The summed E-state index contributed by atoms with van der Waals surface area (Å²) in [6.45, 7) is 7.57. The third-order valence-electron chi connectivity index (χ3n) is 4.11. The number of halogens is 1. The lowest BCUT2D eigenvalue weighted by atomic mass is 10.2. The Kier molecular flexibility index (Phi) is 7.55. The molecule has 1 aliphatic rings. The summed E-state index contributed by atoms with van der Waals surface area (Å²) < 4.78 is 18.7. The standard InChI is InChI=1S/C18H25FN4O3/c1-3-6-20-18(25)21-17(24)13-23-9-7-22(8-10-23)12-14-4-5-16(26-2)15(19)11-14/h3-5,11H,1,6-10,12-13H2,2H3,(H2,20,21,24,25). The summed E-state index contributed by atoms with van der Waals surface area (Å²) in [5.41, 5.74) is 0.883. The normalized spacial score (nSPS) is 15.3. The van der Waals surface area contributed by atoms with Crippen LogP contribution >= 0.6 is 0 Å². The van der Waals surface area contributed by atoms with Crippen LogP contribution in [0.5, 0.6) is 5.75 Å². The predicted molar refractivity (Wildman–Crippen MR) is 96.4 cm³/mol. The van der Waals surface area contributed by atoms with Gasteiger partial charge in [-0.05, 0) is 17.7 Å². The Morgan fingerprint density at radius 3 is 2.58 bits per heavy atom. The fraction of sp³-hybridized carbons (Fsp3) is 0.444. The van der Waals surface area contributed by atoms with Crippen molar-refractivity contribution in [2.24, 2.45) is 0 Å². The summed E-state index contributed by atoms with van der Waals surface area (Å²) in [4.78, 5) is 27.5. The number of hydrogen-bond acceptors (Lipinski definition) is 5. The van der Waals surface area contributed by atoms with Crippen LogP contribution in [0.1, 0.15) is 5.56 Å². The van der Waals surface area contributed by atoms with Gasteiger partial charge in [0.2, 0.25) is 5.91 Å². The van der Waals surface area contributed by atoms with E-state index in [4.69, 9.17) is 4.74 Å². The maximum atomic E-state index is 13.8. The Hall–Kier alpha value is -2.45. The lowest BCUT2D eigenvalue weighted by molar-refractivity contribution is -0.121. The van der Waals surface area contributed by atoms with E-state index in [0.29, 0.717) is 26.2 Å². The molecule has 0 saturated carbocycles. The number of piperazine rings is 1. The molecule has 0 aliphatic carbocycles. The van der Waals surface area contributed by atoms with Crippen molar-refractivity contribution in [1.82, 2.24) is 20.4 Å². The fourth-order valence-electron chi connectivity index (χ4n) is 2.75. The van der Waals surface area contributed by atoms with Gasteiger partial charge in [-0.25, -0.2) is 9.18 Å². The Balaban J connectivity index is 1.73. The van der Waals surface area contributed by atoms with Gasteiger partial charge in [-0.15, -0.1) is 6.58 Å². The van der Waals surface area contributed by atoms with Crippen molar-refractivity contribution in [3.05, 3.63) is 42.2 Å². The number of imide groups is 1. The molecular weight excluding hydrogens is 339 g/mol. The molecule has 1 aliphatic heterocycles. The highest BCUT2D eigenvalue weighted by molar-refractivity contribution is 5.95. The second-order valence-electron chi connectivity index (χ2n) is 6.07. The Morgan fingerprint density at radius 1 is 1.27 bits per heavy atom. The maximum Gasteiger partial charge on any atom is 0.321 e. The van der Waals surface area contributed by atoms with E-state index in [2.05, 4.69) is 22.1 Å². The first-order valence-corrected chi connectivity index (χ1v) is 8.47. The number of rotatable bonds is 7. The van der Waals surface area contributed by atoms with Gasteiger partial charge in [0.15, 0.2) is 11.6 Å². The number of hydrogen-bond donors (Lipinski definition) is 2. The molecule has 1 saturated heterocycles. The average molecular weight is 364 g/mol. The van der Waals surface area contributed by atoms with Crippen molar-refractivity contribution < 1.29 is 18.7 Å². The van der Waals surface area contributed by atoms with E-state index in [0.717, 1.165) is 18.7 Å². The minimum absolute atomic E-state index is 0.173. The number of carbonyl (C=O) groups is 2. The molecule has 0 radical (unpaired) electrons. The molecule has 7 nitrogen and oxygen atoms in total. The van der Waals surface area contributed by atoms with Crippen molar-refractivity contribution in [3.8, 4) is 5.75 Å². The van der Waals surface area contributed by atoms with Crippen LogP contribution in [0.4, 0.5) is 9.18 Å². The van der Waals surface area contributed by atoms with Crippen LogP contribution in [-0.4, -0.2) is 68.1 Å². The first kappa shape index (κ1) is 19.9. The lowest BCUT2D eigenvalue weighted by Crippen LogP contribution is -2.50. The molecule has 3 amide bonds. The zero-order chi connectivity index (χ0) is 18.9. The minimum Gasteiger partial charge on any atom is -0.494 e. The third kappa shape index (κ3) is 6.12. The van der Waals surface area contributed by atoms with Gasteiger partial charge in [-0.1, -0.05) is 12.1 Å². The van der Waals surface area contributed by atoms with Crippen LogP contribution in [0.2, 0.25) is 0 Å². The number of benzene rings is 1. The number of urea groups is 1. The van der Waals surface area contributed by atoms with Crippen molar-refractivity contribution in [2.75, 3.05) is 46.4 Å². The van der Waals surface area contributed by atoms with Crippen molar-refractivity contribution in [1.29, 1.82) is 0 Å². The number of methoxy groups -OCH3 is 1. The van der Waals surface area contributed by atoms with Gasteiger partial charge < -0.3 is 10.1 Å². The first-order valence-electron chi connectivity index (χ1n) is 8.47. The number of amides is 3. The van der Waals surface area contributed by atoms with Gasteiger partial charge in [0.25, 0.3) is 0 Å². The van der Waals surface area contributed by atoms with Gasteiger partial charge in [0, 0.05) is 39.3 Å². The van der Waals surface area contributed by atoms with E-state index in [1.165, 1.54) is 19.3 Å². The Bertz CT molecular complexity index is 645. The monoisotopic (exact) mass is 364 g/mol. The predicted octanol–water partition coefficient (Wildman–Crippen LogP) is 0.964. The molecule has 0 aromatic heterocycles. The minimum atomic E-state index is -0.518. The van der Waals surface area contributed by atoms with E-state index in [1.54, 1.807) is 6.07 Å². The van der Waals surface area contributed by atoms with Crippen LogP contribution in [0.15, 0.2) is 30.9 Å². The zero-order valence-electron chi connectivity index (χ0n) is 15.0. The zero-order valence-corrected chi connectivity index (χ0v) is 15.0. The first-order chi connectivity index (χ1) is 12.5. The van der Waals surface area contributed by atoms with E-state index < -0.39 is 6.03 Å². The maximum absolute atomic E-state index is 13.8. The molecule has 0 bridgehead atoms. The Morgan fingerprint density at radius 2 is 1.96 bits per heavy atom. The van der Waals surface area contributed by atoms with Gasteiger partial charge in [0.1, 0.15) is 0 Å². The summed E-state index contributed by atoms with van der Waals surface area (Å²) >= 11 is 0. The number of nitrogens with one attached hydrogen (secondary N) is 2. The fourth-order valence-corrected chi connectivity index (χ4v) is 2.75. The van der Waals surface area contributed by atoms with Gasteiger partial charge in [-0.3, -0.25) is 19.9 Å². The third-order valence-corrected chi connectivity index (χ3v) is 4.11. The molecule has 2 rings (SSSR count). The highest BCUT2D eigenvalue weighted by Gasteiger charge is 2.20. The lowest BCUT2D eigenvalue weighted by Gasteiger charge is -2.34. The van der Waals surface area contributed by atoms with Gasteiger partial charge in [-0.2, -0.15) is 0 Å². The summed E-state index contributed by atoms with van der Waals surface area (Å²) in [5, 5.41) is 4.78. The molecule has 0 atom stereocenters. The smallest absolute Gasteiger partial charge is 0.321 e. The summed E-state index contributed by atoms with van der Waals surface area (Å²) in [6.07, 6.45) is 1.54. The second kappa shape index (κ2) is 9.88. The molecular formula is C18H25FN4O3. The molecule has 1 fully saturated rings. The molecule has 1 heterocycles. The highest BCUT2D eigenvalue weighted by Crippen LogP contribution is 2.19. The quantitative estimate of drug-likeness (QED) is 0.705. The van der Waals surface area contributed by atoms with Crippen LogP contribution in [0.25, 0.3) is 0 Å². The highest BCUT2D eigenvalue weighted by atomic mass is 19.1. The number of carbonyl (C=O) groups excluding carboxylic acids is 2. The second-order valence-corrected chi connectivity index (χ2v) is 6.07. The summed E-state index contributed by atoms with van der Waals surface area (Å²) in [7, 11) is 1.44. The molecule has 8 heteroatoms. The van der Waals surface area contributed by atoms with Crippen molar-refractivity contribution >= 4 is 11.9 Å². The molecule has 0 spiro atoms. The van der Waals surface area contributed by atoms with Crippen LogP contribution in [0.3, 0.4) is 0 Å². The molecule has 2 N–H and O–H groups in total. The topological polar surface area (TPSA) is 73.9 Å². The average Bonchev–Trinajstić information content (AvgIpc) is 2.61. The van der Waals surface area contributed by atoms with E-state index in [9.17, 15) is 14.0 Å². The van der Waals surface area contributed by atoms with Gasteiger partial charge in [0.05, 0.1) is 13.7 Å². The molecule has 0 unspecified atom stereocenters. The van der Waals surface area contributed by atoms with Crippen molar-refractivity contribution in [2.45, 2.75) is 6.54 Å². The molecule has 1 aromatic carbocycles. The molecule has 142 valence electrons. The summed E-state index contributed by atoms with van der Waals surface area (Å²) in [6, 6.07) is 4.45. The van der Waals surface area contributed by atoms with Gasteiger partial charge >= 0.3 is 6.03 Å².